The number of hydrogen-bond donors (Lipinski definition) is 4. The van der Waals surface area contributed by atoms with E-state index in [1.165, 1.54) is 35.1 Å². The van der Waals surface area contributed by atoms with E-state index in [1.54, 1.807) is 0 Å². The summed E-state index contributed by atoms with van der Waals surface area (Å²) in [6.45, 7) is 4.62. The van der Waals surface area contributed by atoms with Crippen molar-refractivity contribution in [3.63, 3.8) is 0 Å². The van der Waals surface area contributed by atoms with Crippen molar-refractivity contribution in [2.45, 2.75) is 83.5 Å². The number of nitrogens with one attached hydrogen (secondary N) is 4. The van der Waals surface area contributed by atoms with Crippen LogP contribution in [0.5, 0.6) is 0 Å². The molecule has 0 radical (unpaired) electrons. The van der Waals surface area contributed by atoms with Crippen LogP contribution in [0.25, 0.3) is 149 Å². The fraction of sp³-hybridized carbons (Fsp3) is 0.173. The van der Waals surface area contributed by atoms with E-state index in [2.05, 4.69) is 237 Å². The summed E-state index contributed by atoms with van der Waals surface area (Å²) in [4.78, 5) is 46.5. The normalized spacial score (nSPS) is 13.4. The van der Waals surface area contributed by atoms with E-state index in [0.717, 1.165) is 204 Å². The predicted octanol–water partition coefficient (Wildman–Crippen LogP) is 22.3. The standard InChI is InChI=1S/C75H60Br4N10/c1-3-5-7-11-37-75(38-12-8-6-4-2)47-41-43(67-51-21-23-55(82-51)69(49-15-9-13-39-80-49)57-27-31-61(86-57)73(78)65-35-33-63(88-65)71(76)59-29-25-53(67)84-59)17-19-45(47)46-20-18-44(42-48(46)75)68-52-22-24-56(83-52)70(50-16-10-14-40-81-50)58-28-32-62(87-58)74(79)66-36-34-64(89-66)72(77)60-30-26-54(68)85-60/h9-10,13-36,39-42,82,85,87-88H,3-8,11-12,37-38H2,1-2H3. The third-order valence-corrected chi connectivity index (χ3v) is 21.3. The van der Waals surface area contributed by atoms with Gasteiger partial charge >= 0.3 is 0 Å². The van der Waals surface area contributed by atoms with Gasteiger partial charge in [0.05, 0.1) is 108 Å². The lowest BCUT2D eigenvalue weighted by molar-refractivity contribution is 0.401. The van der Waals surface area contributed by atoms with E-state index in [-0.39, 0.29) is 5.41 Å². The topological polar surface area (TPSA) is 140 Å². The number of hydrogen-bond acceptors (Lipinski definition) is 6. The van der Waals surface area contributed by atoms with Crippen LogP contribution in [0.1, 0.15) is 135 Å². The van der Waals surface area contributed by atoms with Crippen LogP contribution >= 0.6 is 63.7 Å². The number of fused-ring (bicyclic) bond motifs is 19. The van der Waals surface area contributed by atoms with Crippen LogP contribution in [0.3, 0.4) is 0 Å². The van der Waals surface area contributed by atoms with Crippen molar-refractivity contribution < 1.29 is 0 Å². The Kier molecular flexibility index (Phi) is 15.5. The van der Waals surface area contributed by atoms with Gasteiger partial charge in [-0.1, -0.05) is 102 Å². The van der Waals surface area contributed by atoms with Gasteiger partial charge in [0, 0.05) is 51.1 Å². The molecule has 438 valence electrons. The highest BCUT2D eigenvalue weighted by atomic mass is 79.9. The summed E-state index contributed by atoms with van der Waals surface area (Å²) in [7, 11) is 0. The molecule has 10 nitrogen and oxygen atoms in total. The van der Waals surface area contributed by atoms with Crippen LogP contribution in [0.4, 0.5) is 0 Å². The summed E-state index contributed by atoms with van der Waals surface area (Å²) < 4.78 is 3.47. The van der Waals surface area contributed by atoms with Crippen molar-refractivity contribution in [3.05, 3.63) is 208 Å². The van der Waals surface area contributed by atoms with Gasteiger partial charge in [-0.15, -0.1) is 0 Å². The quantitative estimate of drug-likeness (QED) is 0.0800. The lowest BCUT2D eigenvalue weighted by Crippen LogP contribution is -2.25. The molecule has 4 N–H and O–H groups in total. The van der Waals surface area contributed by atoms with E-state index >= 15 is 0 Å². The summed E-state index contributed by atoms with van der Waals surface area (Å²) in [5.74, 6) is 0. The van der Waals surface area contributed by atoms with Crippen LogP contribution in [0, 0.1) is 0 Å². The smallest absolute Gasteiger partial charge is 0.0801 e. The van der Waals surface area contributed by atoms with E-state index in [4.69, 9.17) is 29.9 Å². The van der Waals surface area contributed by atoms with Crippen LogP contribution in [-0.2, 0) is 5.41 Å². The number of pyridine rings is 2. The Hall–Kier alpha value is -8.14. The number of aromatic amines is 4. The first-order valence-electron chi connectivity index (χ1n) is 30.7. The molecular weight excluding hydrogens is 1360 g/mol. The first-order chi connectivity index (χ1) is 43.6. The van der Waals surface area contributed by atoms with Crippen molar-refractivity contribution in [2.75, 3.05) is 0 Å². The Balaban J connectivity index is 0.975. The van der Waals surface area contributed by atoms with Crippen LogP contribution in [0.15, 0.2) is 152 Å². The molecular formula is C75H60Br4N10. The first kappa shape index (κ1) is 57.3. The van der Waals surface area contributed by atoms with Gasteiger partial charge in [-0.25, -0.2) is 19.9 Å². The van der Waals surface area contributed by atoms with Gasteiger partial charge in [-0.05, 0) is 243 Å². The van der Waals surface area contributed by atoms with Crippen molar-refractivity contribution in [3.8, 4) is 55.9 Å². The summed E-state index contributed by atoms with van der Waals surface area (Å²) in [5, 5.41) is 0. The lowest BCUT2D eigenvalue weighted by atomic mass is 9.70. The number of rotatable bonds is 14. The summed E-state index contributed by atoms with van der Waals surface area (Å²) in [5.41, 5.74) is 26.7. The molecule has 0 fully saturated rings. The molecule has 0 spiro atoms. The maximum Gasteiger partial charge on any atom is 0.0801 e. The molecule has 15 rings (SSSR count). The van der Waals surface area contributed by atoms with E-state index in [1.807, 2.05) is 42.7 Å². The number of nitrogens with zero attached hydrogens (tertiary/aromatic N) is 6. The van der Waals surface area contributed by atoms with Gasteiger partial charge < -0.3 is 19.9 Å². The van der Waals surface area contributed by atoms with Crippen LogP contribution < -0.4 is 0 Å². The molecule has 0 saturated carbocycles. The number of halogens is 4. The van der Waals surface area contributed by atoms with E-state index in [0.29, 0.717) is 0 Å². The summed E-state index contributed by atoms with van der Waals surface area (Å²) in [6, 6.07) is 43.7. The maximum atomic E-state index is 5.62. The third-order valence-electron chi connectivity index (χ3n) is 17.9. The molecule has 14 heteroatoms. The zero-order valence-electron chi connectivity index (χ0n) is 49.1. The van der Waals surface area contributed by atoms with Gasteiger partial charge in [-0.2, -0.15) is 0 Å². The first-order valence-corrected chi connectivity index (χ1v) is 33.9. The maximum absolute atomic E-state index is 5.62. The second kappa shape index (κ2) is 24.0. The minimum Gasteiger partial charge on any atom is -0.354 e. The molecule has 4 aliphatic heterocycles. The Morgan fingerprint density at radius 1 is 0.337 bits per heavy atom. The molecule has 1 aliphatic carbocycles. The van der Waals surface area contributed by atoms with Gasteiger partial charge in [0.25, 0.3) is 0 Å². The summed E-state index contributed by atoms with van der Waals surface area (Å²) >= 11 is 15.8. The zero-order chi connectivity index (χ0) is 60.3. The number of H-pyrrole nitrogens is 4. The molecule has 0 amide bonds. The second-order valence-electron chi connectivity index (χ2n) is 23.4. The fourth-order valence-electron chi connectivity index (χ4n) is 13.6. The van der Waals surface area contributed by atoms with Gasteiger partial charge in [0.2, 0.25) is 0 Å². The monoisotopic (exact) mass is 1420 g/mol. The minimum absolute atomic E-state index is 0.310. The summed E-state index contributed by atoms with van der Waals surface area (Å²) in [6.07, 6.45) is 31.8. The SMILES string of the molecule is CCCCCCC1(CCCCCC)c2cc(-c3c4nc(c(-c5ccccn5)c5ccc([nH]5)c(Br)c5nc(c(Br)c6ccc3[nH]6)C=C5)C=C4)ccc2-c2ccc(-c3c4nc(c(Br)c5ccc([nH]5)c(Br)c5nc(c(-c6ccccn6)c6ccc3[nH]6)C=C5)C=C4)cc21. The van der Waals surface area contributed by atoms with Crippen molar-refractivity contribution in [1.29, 1.82) is 0 Å². The van der Waals surface area contributed by atoms with E-state index < -0.39 is 0 Å². The molecule has 0 atom stereocenters. The molecule has 2 aromatic carbocycles. The Labute approximate surface area is 549 Å². The number of benzene rings is 2. The number of aromatic nitrogens is 10. The van der Waals surface area contributed by atoms with Gasteiger partial charge in [-0.3, -0.25) is 9.97 Å². The highest BCUT2D eigenvalue weighted by Gasteiger charge is 2.43. The highest BCUT2D eigenvalue weighted by Crippen LogP contribution is 2.57. The average molecular weight is 1420 g/mol. The molecule has 10 aromatic rings. The predicted molar refractivity (Wildman–Crippen MR) is 383 cm³/mol. The fourth-order valence-corrected chi connectivity index (χ4v) is 15.4. The largest absolute Gasteiger partial charge is 0.354 e. The molecule has 89 heavy (non-hydrogen) atoms. The Morgan fingerprint density at radius 3 is 1.04 bits per heavy atom. The number of unbranched alkanes of at least 4 members (excludes halogenated alkanes) is 6. The Morgan fingerprint density at radius 2 is 0.663 bits per heavy atom. The molecule has 0 saturated heterocycles. The van der Waals surface area contributed by atoms with Crippen molar-refractivity contribution >= 4 is 156 Å². The van der Waals surface area contributed by atoms with Gasteiger partial charge in [0.1, 0.15) is 0 Å². The minimum atomic E-state index is -0.310. The van der Waals surface area contributed by atoms with Gasteiger partial charge in [0.15, 0.2) is 0 Å². The lowest BCUT2D eigenvalue weighted by Gasteiger charge is -2.33. The average Bonchev–Trinajstić information content (AvgIpc) is 1.58. The van der Waals surface area contributed by atoms with E-state index in [9.17, 15) is 0 Å². The molecule has 12 heterocycles. The second-order valence-corrected chi connectivity index (χ2v) is 26.6. The third kappa shape index (κ3) is 10.4. The zero-order valence-corrected chi connectivity index (χ0v) is 55.4. The molecule has 5 aliphatic rings. The molecule has 0 unspecified atom stereocenters. The molecule has 8 aromatic heterocycles. The van der Waals surface area contributed by atoms with Crippen LogP contribution in [-0.4, -0.2) is 49.8 Å². The van der Waals surface area contributed by atoms with Crippen LogP contribution in [0.2, 0.25) is 0 Å². The molecule has 16 bridgehead atoms. The van der Waals surface area contributed by atoms with Crippen molar-refractivity contribution in [2.24, 2.45) is 0 Å². The Bertz CT molecular complexity index is 4900. The van der Waals surface area contributed by atoms with Crippen molar-refractivity contribution in [1.82, 2.24) is 49.8 Å². The highest BCUT2D eigenvalue weighted by molar-refractivity contribution is 9.11.